The van der Waals surface area contributed by atoms with Gasteiger partial charge in [-0.1, -0.05) is 76.6 Å². The molecular formula is C26H21BrN2O2. The second-order valence-corrected chi connectivity index (χ2v) is 9.42. The number of fused-ring (bicyclic) bond motifs is 5. The molecule has 2 aliphatic rings. The minimum absolute atomic E-state index is 0.231. The van der Waals surface area contributed by atoms with E-state index >= 15 is 0 Å². The first kappa shape index (κ1) is 18.8. The minimum atomic E-state index is -1.58. The summed E-state index contributed by atoms with van der Waals surface area (Å²) in [4.78, 5) is 19.3. The molecule has 2 N–H and O–H groups in total. The molecule has 0 radical (unpaired) electrons. The number of benzene rings is 3. The number of carbonyl (C=O) groups excluding carboxylic acids is 1. The number of carbonyl (C=O) groups is 1. The predicted molar refractivity (Wildman–Crippen MR) is 124 cm³/mol. The quantitative estimate of drug-likeness (QED) is 0.438. The Morgan fingerprint density at radius 1 is 0.903 bits per heavy atom. The van der Waals surface area contributed by atoms with Gasteiger partial charge >= 0.3 is 0 Å². The van der Waals surface area contributed by atoms with Crippen LogP contribution in [0, 0.1) is 0 Å². The number of hydrogen-bond acceptors (Lipinski definition) is 2. The van der Waals surface area contributed by atoms with Crippen LogP contribution in [0.2, 0.25) is 0 Å². The van der Waals surface area contributed by atoms with E-state index in [1.165, 1.54) is 10.9 Å². The Morgan fingerprint density at radius 3 is 2.39 bits per heavy atom. The SMILES string of the molecule is O=C1N2CCc3c([nH]c4ccccc34)[C@]2(c2ccc(Br)cc2)C[C@@]1(O)c1ccccc1. The predicted octanol–water partition coefficient (Wildman–Crippen LogP) is 4.85. The van der Waals surface area contributed by atoms with Gasteiger partial charge in [-0.15, -0.1) is 0 Å². The van der Waals surface area contributed by atoms with Crippen molar-refractivity contribution in [1.82, 2.24) is 9.88 Å². The van der Waals surface area contributed by atoms with Gasteiger partial charge in [0.25, 0.3) is 5.91 Å². The number of para-hydroxylation sites is 1. The van der Waals surface area contributed by atoms with Crippen molar-refractivity contribution >= 4 is 32.7 Å². The summed E-state index contributed by atoms with van der Waals surface area (Å²) in [5.41, 5.74) is 2.63. The lowest BCUT2D eigenvalue weighted by atomic mass is 9.75. The lowest BCUT2D eigenvalue weighted by Crippen LogP contribution is -2.49. The number of nitrogens with one attached hydrogen (secondary N) is 1. The maximum Gasteiger partial charge on any atom is 0.260 e. The average Bonchev–Trinajstić information content (AvgIpc) is 3.30. The van der Waals surface area contributed by atoms with E-state index in [0.29, 0.717) is 12.1 Å². The summed E-state index contributed by atoms with van der Waals surface area (Å²) >= 11 is 3.53. The van der Waals surface area contributed by atoms with Crippen LogP contribution in [0.3, 0.4) is 0 Å². The first-order valence-corrected chi connectivity index (χ1v) is 11.3. The van der Waals surface area contributed by atoms with Crippen LogP contribution in [0.25, 0.3) is 10.9 Å². The van der Waals surface area contributed by atoms with Crippen molar-refractivity contribution in [1.29, 1.82) is 0 Å². The average molecular weight is 473 g/mol. The van der Waals surface area contributed by atoms with E-state index in [1.807, 2.05) is 53.4 Å². The van der Waals surface area contributed by atoms with Crippen molar-refractivity contribution in [3.05, 3.63) is 106 Å². The zero-order chi connectivity index (χ0) is 21.2. The van der Waals surface area contributed by atoms with Gasteiger partial charge in [-0.25, -0.2) is 0 Å². The molecule has 2 aliphatic heterocycles. The Balaban J connectivity index is 1.65. The Kier molecular flexibility index (Phi) is 3.98. The van der Waals surface area contributed by atoms with E-state index < -0.39 is 11.1 Å². The van der Waals surface area contributed by atoms with Crippen LogP contribution in [-0.4, -0.2) is 27.4 Å². The van der Waals surface area contributed by atoms with E-state index in [1.54, 1.807) is 0 Å². The molecule has 0 bridgehead atoms. The first-order chi connectivity index (χ1) is 15.0. The number of aromatic amines is 1. The summed E-state index contributed by atoms with van der Waals surface area (Å²) in [6.45, 7) is 0.568. The fourth-order valence-corrected chi connectivity index (χ4v) is 5.82. The molecule has 5 heteroatoms. The number of H-pyrrole nitrogens is 1. The Labute approximate surface area is 188 Å². The van der Waals surface area contributed by atoms with Crippen LogP contribution in [-0.2, 0) is 22.4 Å². The van der Waals surface area contributed by atoms with Gasteiger partial charge in [0.05, 0.1) is 5.69 Å². The van der Waals surface area contributed by atoms with Crippen LogP contribution < -0.4 is 0 Å². The van der Waals surface area contributed by atoms with Gasteiger partial charge in [-0.3, -0.25) is 4.79 Å². The van der Waals surface area contributed by atoms with E-state index in [2.05, 4.69) is 51.2 Å². The second kappa shape index (κ2) is 6.55. The minimum Gasteiger partial charge on any atom is -0.375 e. The molecule has 0 saturated carbocycles. The van der Waals surface area contributed by atoms with Crippen molar-refractivity contribution in [3.8, 4) is 0 Å². The fraction of sp³-hybridized carbons (Fsp3) is 0.192. The Morgan fingerprint density at radius 2 is 1.61 bits per heavy atom. The summed E-state index contributed by atoms with van der Waals surface area (Å²) in [5.74, 6) is -0.231. The number of rotatable bonds is 2. The highest BCUT2D eigenvalue weighted by Gasteiger charge is 2.63. The highest BCUT2D eigenvalue weighted by molar-refractivity contribution is 9.10. The van der Waals surface area contributed by atoms with Gasteiger partial charge in [0.1, 0.15) is 5.54 Å². The molecule has 1 fully saturated rings. The van der Waals surface area contributed by atoms with Crippen LogP contribution in [0.5, 0.6) is 0 Å². The summed E-state index contributed by atoms with van der Waals surface area (Å²) in [6, 6.07) is 25.7. The molecular weight excluding hydrogens is 452 g/mol. The maximum atomic E-state index is 13.8. The number of aromatic nitrogens is 1. The van der Waals surface area contributed by atoms with E-state index in [9.17, 15) is 9.90 Å². The monoisotopic (exact) mass is 472 g/mol. The molecule has 1 aromatic heterocycles. The molecule has 31 heavy (non-hydrogen) atoms. The number of aliphatic hydroxyl groups is 1. The van der Waals surface area contributed by atoms with Gasteiger partial charge < -0.3 is 15.0 Å². The smallest absolute Gasteiger partial charge is 0.260 e. The summed E-state index contributed by atoms with van der Waals surface area (Å²) in [7, 11) is 0. The van der Waals surface area contributed by atoms with Gasteiger partial charge in [-0.2, -0.15) is 0 Å². The maximum absolute atomic E-state index is 13.8. The fourth-order valence-electron chi connectivity index (χ4n) is 5.56. The zero-order valence-electron chi connectivity index (χ0n) is 16.8. The van der Waals surface area contributed by atoms with Crippen molar-refractivity contribution in [3.63, 3.8) is 0 Å². The standard InChI is InChI=1S/C26H21BrN2O2/c27-19-12-10-17(11-13-19)25-16-26(31,18-6-2-1-3-7-18)24(30)29(25)15-14-21-20-8-4-5-9-22(20)28-23(21)25/h1-13,28,31H,14-16H2/t25-,26-/m1/s1. The number of amides is 1. The van der Waals surface area contributed by atoms with Crippen LogP contribution in [0.4, 0.5) is 0 Å². The molecule has 4 nitrogen and oxygen atoms in total. The summed E-state index contributed by atoms with van der Waals surface area (Å²) < 4.78 is 0.981. The van der Waals surface area contributed by atoms with Crippen molar-refractivity contribution in [2.24, 2.45) is 0 Å². The molecule has 0 spiro atoms. The van der Waals surface area contributed by atoms with Crippen molar-refractivity contribution < 1.29 is 9.90 Å². The van der Waals surface area contributed by atoms with E-state index in [0.717, 1.165) is 27.7 Å². The van der Waals surface area contributed by atoms with Gasteiger partial charge in [-0.05, 0) is 41.3 Å². The van der Waals surface area contributed by atoms with Gasteiger partial charge in [0.2, 0.25) is 0 Å². The molecule has 2 atom stereocenters. The molecule has 0 aliphatic carbocycles. The molecule has 1 amide bonds. The third-order valence-electron chi connectivity index (χ3n) is 6.96. The number of nitrogens with zero attached hydrogens (tertiary/aromatic N) is 1. The van der Waals surface area contributed by atoms with Gasteiger partial charge in [0, 0.05) is 28.3 Å². The van der Waals surface area contributed by atoms with Crippen LogP contribution in [0.1, 0.15) is 28.8 Å². The van der Waals surface area contributed by atoms with E-state index in [4.69, 9.17) is 0 Å². The molecule has 3 aromatic carbocycles. The molecule has 0 unspecified atom stereocenters. The lowest BCUT2D eigenvalue weighted by Gasteiger charge is -2.42. The molecule has 6 rings (SSSR count). The summed E-state index contributed by atoms with van der Waals surface area (Å²) in [5, 5.41) is 13.0. The highest BCUT2D eigenvalue weighted by Crippen LogP contribution is 2.55. The van der Waals surface area contributed by atoms with Gasteiger partial charge in [0.15, 0.2) is 5.60 Å². The largest absolute Gasteiger partial charge is 0.375 e. The lowest BCUT2D eigenvalue weighted by molar-refractivity contribution is -0.145. The Bertz CT molecular complexity index is 1310. The van der Waals surface area contributed by atoms with E-state index in [-0.39, 0.29) is 12.3 Å². The second-order valence-electron chi connectivity index (χ2n) is 8.50. The molecule has 4 aromatic rings. The van der Waals surface area contributed by atoms with Crippen LogP contribution in [0.15, 0.2) is 83.3 Å². The third-order valence-corrected chi connectivity index (χ3v) is 7.49. The van der Waals surface area contributed by atoms with Crippen LogP contribution >= 0.6 is 15.9 Å². The number of halogens is 1. The molecule has 154 valence electrons. The topological polar surface area (TPSA) is 56.3 Å². The third kappa shape index (κ3) is 2.47. The van der Waals surface area contributed by atoms with Crippen molar-refractivity contribution in [2.45, 2.75) is 24.0 Å². The van der Waals surface area contributed by atoms with Crippen molar-refractivity contribution in [2.75, 3.05) is 6.54 Å². The molecule has 3 heterocycles. The zero-order valence-corrected chi connectivity index (χ0v) is 18.4. The molecule has 1 saturated heterocycles. The Hall–Kier alpha value is -2.89. The summed E-state index contributed by atoms with van der Waals surface area (Å²) in [6.07, 6.45) is 1.03. The highest BCUT2D eigenvalue weighted by atomic mass is 79.9. The normalized spacial score (nSPS) is 25.0. The first-order valence-electron chi connectivity index (χ1n) is 10.5. The number of hydrogen-bond donors (Lipinski definition) is 2.